The molecule has 0 aliphatic rings. The number of halogens is 1. The molecule has 25 heavy (non-hydrogen) atoms. The molecule has 0 saturated heterocycles. The normalized spacial score (nSPS) is 13.2. The van der Waals surface area contributed by atoms with Gasteiger partial charge in [-0.3, -0.25) is 4.79 Å². The topological polar surface area (TPSA) is 38.3 Å². The van der Waals surface area contributed by atoms with E-state index in [0.717, 1.165) is 12.0 Å². The fourth-order valence-electron chi connectivity index (χ4n) is 2.91. The summed E-state index contributed by atoms with van der Waals surface area (Å²) < 4.78 is 5.84. The molecule has 0 saturated carbocycles. The quantitative estimate of drug-likeness (QED) is 0.720. The Labute approximate surface area is 155 Å². The summed E-state index contributed by atoms with van der Waals surface area (Å²) in [7, 11) is 0. The SMILES string of the molecule is CC[C@H](NC(=O)[C@@H](CC)Oc1cccc(Cl)c1)c1ccc(C)cc1C. The molecule has 4 heteroatoms. The van der Waals surface area contributed by atoms with Gasteiger partial charge in [0.15, 0.2) is 6.10 Å². The van der Waals surface area contributed by atoms with Crippen LogP contribution in [0.3, 0.4) is 0 Å². The molecular formula is C21H26ClNO2. The van der Waals surface area contributed by atoms with Crippen molar-refractivity contribution in [3.63, 3.8) is 0 Å². The molecule has 0 spiro atoms. The Balaban J connectivity index is 2.11. The van der Waals surface area contributed by atoms with E-state index in [2.05, 4.69) is 44.3 Å². The summed E-state index contributed by atoms with van der Waals surface area (Å²) in [5.74, 6) is 0.503. The number of carbonyl (C=O) groups is 1. The standard InChI is InChI=1S/C21H26ClNO2/c1-5-19(18-11-10-14(3)12-15(18)4)23-21(24)20(6-2)25-17-9-7-8-16(22)13-17/h7-13,19-20H,5-6H2,1-4H3,(H,23,24)/t19-,20+/m0/s1. The highest BCUT2D eigenvalue weighted by atomic mass is 35.5. The van der Waals surface area contributed by atoms with Crippen molar-refractivity contribution in [3.05, 3.63) is 64.2 Å². The van der Waals surface area contributed by atoms with Crippen molar-refractivity contribution in [2.24, 2.45) is 0 Å². The maximum atomic E-state index is 12.7. The lowest BCUT2D eigenvalue weighted by atomic mass is 9.97. The second-order valence-electron chi connectivity index (χ2n) is 6.30. The van der Waals surface area contributed by atoms with Gasteiger partial charge in [-0.15, -0.1) is 0 Å². The highest BCUT2D eigenvalue weighted by Gasteiger charge is 2.22. The van der Waals surface area contributed by atoms with Gasteiger partial charge in [0.2, 0.25) is 0 Å². The Morgan fingerprint density at radius 3 is 2.48 bits per heavy atom. The zero-order chi connectivity index (χ0) is 18.4. The van der Waals surface area contributed by atoms with Crippen LogP contribution in [-0.2, 0) is 4.79 Å². The number of hydrogen-bond donors (Lipinski definition) is 1. The van der Waals surface area contributed by atoms with Gasteiger partial charge in [-0.25, -0.2) is 0 Å². The zero-order valence-corrected chi connectivity index (χ0v) is 16.1. The number of benzene rings is 2. The third-order valence-electron chi connectivity index (χ3n) is 4.26. The molecule has 0 radical (unpaired) electrons. The number of aryl methyl sites for hydroxylation is 2. The van der Waals surface area contributed by atoms with E-state index in [9.17, 15) is 4.79 Å². The van der Waals surface area contributed by atoms with Crippen LogP contribution >= 0.6 is 11.6 Å². The number of nitrogens with one attached hydrogen (secondary N) is 1. The minimum Gasteiger partial charge on any atom is -0.481 e. The summed E-state index contributed by atoms with van der Waals surface area (Å²) in [6.07, 6.45) is 0.864. The van der Waals surface area contributed by atoms with E-state index >= 15 is 0 Å². The van der Waals surface area contributed by atoms with Gasteiger partial charge in [-0.2, -0.15) is 0 Å². The molecule has 2 aromatic rings. The molecule has 0 fully saturated rings. The smallest absolute Gasteiger partial charge is 0.261 e. The predicted molar refractivity (Wildman–Crippen MR) is 103 cm³/mol. The van der Waals surface area contributed by atoms with Crippen LogP contribution in [0.15, 0.2) is 42.5 Å². The molecule has 0 aromatic heterocycles. The van der Waals surface area contributed by atoms with Crippen LogP contribution < -0.4 is 10.1 Å². The van der Waals surface area contributed by atoms with Gasteiger partial charge >= 0.3 is 0 Å². The van der Waals surface area contributed by atoms with Gasteiger partial charge in [-0.05, 0) is 56.0 Å². The molecule has 2 atom stereocenters. The number of amides is 1. The molecule has 0 aliphatic heterocycles. The van der Waals surface area contributed by atoms with E-state index in [1.54, 1.807) is 12.1 Å². The van der Waals surface area contributed by atoms with Crippen molar-refractivity contribution in [3.8, 4) is 5.75 Å². The molecule has 2 rings (SSSR count). The molecule has 0 unspecified atom stereocenters. The minimum atomic E-state index is -0.543. The third kappa shape index (κ3) is 5.23. The molecular weight excluding hydrogens is 334 g/mol. The van der Waals surface area contributed by atoms with Crippen LogP contribution in [0.2, 0.25) is 5.02 Å². The second kappa shape index (κ2) is 8.91. The summed E-state index contributed by atoms with van der Waals surface area (Å²) in [6.45, 7) is 8.16. The first-order valence-electron chi connectivity index (χ1n) is 8.74. The molecule has 2 aromatic carbocycles. The molecule has 3 nitrogen and oxygen atoms in total. The largest absolute Gasteiger partial charge is 0.481 e. The van der Waals surface area contributed by atoms with Gasteiger partial charge in [0, 0.05) is 5.02 Å². The van der Waals surface area contributed by atoms with Crippen molar-refractivity contribution in [2.45, 2.75) is 52.7 Å². The number of carbonyl (C=O) groups excluding carboxylic acids is 1. The van der Waals surface area contributed by atoms with E-state index in [1.807, 2.05) is 19.1 Å². The van der Waals surface area contributed by atoms with Crippen molar-refractivity contribution in [1.29, 1.82) is 0 Å². The Bertz CT molecular complexity index is 730. The van der Waals surface area contributed by atoms with Crippen molar-refractivity contribution in [2.75, 3.05) is 0 Å². The molecule has 0 heterocycles. The molecule has 134 valence electrons. The van der Waals surface area contributed by atoms with E-state index in [4.69, 9.17) is 16.3 Å². The molecule has 0 bridgehead atoms. The van der Waals surface area contributed by atoms with Crippen molar-refractivity contribution < 1.29 is 9.53 Å². The summed E-state index contributed by atoms with van der Waals surface area (Å²) >= 11 is 5.99. The third-order valence-corrected chi connectivity index (χ3v) is 4.50. The summed E-state index contributed by atoms with van der Waals surface area (Å²) in [4.78, 5) is 12.7. The first-order chi connectivity index (χ1) is 11.9. The van der Waals surface area contributed by atoms with Gasteiger partial charge in [0.05, 0.1) is 6.04 Å². The Kier molecular flexibility index (Phi) is 6.89. The van der Waals surface area contributed by atoms with Crippen LogP contribution in [0, 0.1) is 13.8 Å². The summed E-state index contributed by atoms with van der Waals surface area (Å²) in [5, 5.41) is 3.72. The first kappa shape index (κ1) is 19.3. The van der Waals surface area contributed by atoms with E-state index in [0.29, 0.717) is 17.2 Å². The highest BCUT2D eigenvalue weighted by Crippen LogP contribution is 2.23. The average molecular weight is 360 g/mol. The van der Waals surface area contributed by atoms with Crippen LogP contribution in [0.1, 0.15) is 49.4 Å². The predicted octanol–water partition coefficient (Wildman–Crippen LogP) is 5.38. The zero-order valence-electron chi connectivity index (χ0n) is 15.3. The minimum absolute atomic E-state index is 0.0230. The number of rotatable bonds is 7. The van der Waals surface area contributed by atoms with Crippen molar-refractivity contribution >= 4 is 17.5 Å². The monoisotopic (exact) mass is 359 g/mol. The molecule has 1 amide bonds. The second-order valence-corrected chi connectivity index (χ2v) is 6.74. The Morgan fingerprint density at radius 2 is 1.88 bits per heavy atom. The Hall–Kier alpha value is -2.00. The number of hydrogen-bond acceptors (Lipinski definition) is 2. The average Bonchev–Trinajstić information content (AvgIpc) is 2.58. The van der Waals surface area contributed by atoms with E-state index < -0.39 is 6.10 Å². The molecule has 0 aliphatic carbocycles. The maximum absolute atomic E-state index is 12.7. The number of ether oxygens (including phenoxy) is 1. The van der Waals surface area contributed by atoms with Crippen LogP contribution in [0.5, 0.6) is 5.75 Å². The van der Waals surface area contributed by atoms with E-state index in [-0.39, 0.29) is 11.9 Å². The van der Waals surface area contributed by atoms with Crippen LogP contribution in [-0.4, -0.2) is 12.0 Å². The summed E-state index contributed by atoms with van der Waals surface area (Å²) in [6, 6.07) is 13.4. The fourth-order valence-corrected chi connectivity index (χ4v) is 3.09. The van der Waals surface area contributed by atoms with Crippen LogP contribution in [0.25, 0.3) is 0 Å². The maximum Gasteiger partial charge on any atom is 0.261 e. The first-order valence-corrected chi connectivity index (χ1v) is 9.12. The summed E-state index contributed by atoms with van der Waals surface area (Å²) in [5.41, 5.74) is 3.56. The Morgan fingerprint density at radius 1 is 1.12 bits per heavy atom. The van der Waals surface area contributed by atoms with Crippen molar-refractivity contribution in [1.82, 2.24) is 5.32 Å². The van der Waals surface area contributed by atoms with Gasteiger partial charge in [0.25, 0.3) is 5.91 Å². The highest BCUT2D eigenvalue weighted by molar-refractivity contribution is 6.30. The van der Waals surface area contributed by atoms with Crippen LogP contribution in [0.4, 0.5) is 0 Å². The fraction of sp³-hybridized carbons (Fsp3) is 0.381. The lowest BCUT2D eigenvalue weighted by molar-refractivity contribution is -0.128. The van der Waals surface area contributed by atoms with Gasteiger partial charge in [0.1, 0.15) is 5.75 Å². The lowest BCUT2D eigenvalue weighted by Gasteiger charge is -2.23. The lowest BCUT2D eigenvalue weighted by Crippen LogP contribution is -2.40. The van der Waals surface area contributed by atoms with Gasteiger partial charge in [-0.1, -0.05) is 55.3 Å². The van der Waals surface area contributed by atoms with E-state index in [1.165, 1.54) is 11.1 Å². The van der Waals surface area contributed by atoms with Gasteiger partial charge < -0.3 is 10.1 Å². The molecule has 1 N–H and O–H groups in total.